The van der Waals surface area contributed by atoms with Crippen molar-refractivity contribution < 1.29 is 19.4 Å². The van der Waals surface area contributed by atoms with Crippen LogP contribution in [0.5, 0.6) is 0 Å². The lowest BCUT2D eigenvalue weighted by atomic mass is 9.73. The van der Waals surface area contributed by atoms with Crippen LogP contribution in [0.2, 0.25) is 0 Å². The van der Waals surface area contributed by atoms with Gasteiger partial charge in [-0.05, 0) is 43.4 Å². The van der Waals surface area contributed by atoms with Gasteiger partial charge in [-0.2, -0.15) is 0 Å². The van der Waals surface area contributed by atoms with E-state index in [4.69, 9.17) is 4.74 Å². The Kier molecular flexibility index (Phi) is 6.21. The molecule has 3 heterocycles. The van der Waals surface area contributed by atoms with Crippen molar-refractivity contribution in [2.75, 3.05) is 32.9 Å². The van der Waals surface area contributed by atoms with Crippen molar-refractivity contribution in [3.05, 3.63) is 35.4 Å². The summed E-state index contributed by atoms with van der Waals surface area (Å²) in [6.45, 7) is 1.81. The molecule has 0 aromatic heterocycles. The second-order valence-corrected chi connectivity index (χ2v) is 9.62. The summed E-state index contributed by atoms with van der Waals surface area (Å²) < 4.78 is 5.38. The van der Waals surface area contributed by atoms with Crippen molar-refractivity contribution in [1.82, 2.24) is 9.80 Å². The van der Waals surface area contributed by atoms with Crippen molar-refractivity contribution in [3.63, 3.8) is 0 Å². The number of hydrogen-bond acceptors (Lipinski definition) is 4. The van der Waals surface area contributed by atoms with Gasteiger partial charge in [0.1, 0.15) is 0 Å². The van der Waals surface area contributed by atoms with E-state index in [1.165, 1.54) is 25.7 Å². The van der Waals surface area contributed by atoms with Crippen LogP contribution in [-0.2, 0) is 14.3 Å². The lowest BCUT2D eigenvalue weighted by Gasteiger charge is -2.59. The van der Waals surface area contributed by atoms with Crippen LogP contribution in [0.15, 0.2) is 24.3 Å². The lowest BCUT2D eigenvalue weighted by Crippen LogP contribution is -2.73. The fourth-order valence-corrected chi connectivity index (χ4v) is 5.91. The van der Waals surface area contributed by atoms with Crippen LogP contribution >= 0.6 is 0 Å². The number of hydrogen-bond donors (Lipinski definition) is 1. The normalized spacial score (nSPS) is 28.7. The van der Waals surface area contributed by atoms with Gasteiger partial charge >= 0.3 is 0 Å². The summed E-state index contributed by atoms with van der Waals surface area (Å²) in [4.78, 5) is 29.4. The van der Waals surface area contributed by atoms with Crippen LogP contribution in [0, 0.1) is 23.7 Å². The number of rotatable bonds is 3. The zero-order valence-electron chi connectivity index (χ0n) is 18.5. The molecule has 3 atom stereocenters. The van der Waals surface area contributed by atoms with Crippen LogP contribution in [0.3, 0.4) is 0 Å². The molecule has 0 bridgehead atoms. The average Bonchev–Trinajstić information content (AvgIpc) is 3.33. The summed E-state index contributed by atoms with van der Waals surface area (Å²) in [5, 5.41) is 10.0. The van der Waals surface area contributed by atoms with Crippen molar-refractivity contribution in [1.29, 1.82) is 0 Å². The van der Waals surface area contributed by atoms with Gasteiger partial charge < -0.3 is 19.6 Å². The number of piperazine rings is 1. The second kappa shape index (κ2) is 9.25. The number of benzene rings is 1. The summed E-state index contributed by atoms with van der Waals surface area (Å²) in [6, 6.07) is 7.95. The topological polar surface area (TPSA) is 70.1 Å². The van der Waals surface area contributed by atoms with E-state index in [2.05, 4.69) is 24.0 Å². The summed E-state index contributed by atoms with van der Waals surface area (Å²) in [5.41, 5.74) is 2.11. The van der Waals surface area contributed by atoms with Gasteiger partial charge in [0.25, 0.3) is 0 Å². The minimum atomic E-state index is -0.219. The molecule has 6 heteroatoms. The molecule has 32 heavy (non-hydrogen) atoms. The lowest BCUT2D eigenvalue weighted by molar-refractivity contribution is -0.169. The molecule has 1 aliphatic carbocycles. The molecule has 3 saturated heterocycles. The standard InChI is InChI=1S/C26H32N2O4/c29-17-23-25(20-9-7-19(8-10-20)6-5-18-3-1-2-4-18)22-15-27(16-24(30)28(22)23)26(31)21-11-13-32-14-12-21/h7-10,18,21-23,25,29H,1-4,11-17H2/t22-,23+,25+/m0/s1. The average molecular weight is 437 g/mol. The Balaban J connectivity index is 1.30. The van der Waals surface area contributed by atoms with Crippen LogP contribution in [0.1, 0.15) is 55.6 Å². The number of fused-ring (bicyclic) bond motifs is 1. The second-order valence-electron chi connectivity index (χ2n) is 9.62. The Morgan fingerprint density at radius 3 is 2.50 bits per heavy atom. The van der Waals surface area contributed by atoms with E-state index in [1.54, 1.807) is 9.80 Å². The first kappa shape index (κ1) is 21.5. The highest BCUT2D eigenvalue weighted by Crippen LogP contribution is 2.43. The van der Waals surface area contributed by atoms with Gasteiger partial charge in [-0.1, -0.05) is 36.8 Å². The fourth-order valence-electron chi connectivity index (χ4n) is 5.91. The first-order chi connectivity index (χ1) is 15.7. The Labute approximate surface area is 189 Å². The molecule has 1 saturated carbocycles. The van der Waals surface area contributed by atoms with Crippen molar-refractivity contribution in [2.24, 2.45) is 11.8 Å². The van der Waals surface area contributed by atoms with Crippen LogP contribution in [0.4, 0.5) is 0 Å². The predicted octanol–water partition coefficient (Wildman–Crippen LogP) is 2.15. The third-order valence-electron chi connectivity index (χ3n) is 7.71. The predicted molar refractivity (Wildman–Crippen MR) is 120 cm³/mol. The van der Waals surface area contributed by atoms with E-state index in [1.807, 2.05) is 12.1 Å². The maximum Gasteiger partial charge on any atom is 0.242 e. The number of aliphatic hydroxyl groups excluding tert-OH is 1. The van der Waals surface area contributed by atoms with Gasteiger partial charge in [-0.25, -0.2) is 0 Å². The zero-order valence-corrected chi connectivity index (χ0v) is 18.5. The Morgan fingerprint density at radius 1 is 1.09 bits per heavy atom. The van der Waals surface area contributed by atoms with E-state index in [-0.39, 0.29) is 48.9 Å². The third kappa shape index (κ3) is 4.04. The molecule has 2 amide bonds. The molecule has 0 unspecified atom stereocenters. The van der Waals surface area contributed by atoms with Crippen molar-refractivity contribution >= 4 is 11.8 Å². The molecule has 0 spiro atoms. The summed E-state index contributed by atoms with van der Waals surface area (Å²) in [5.74, 6) is 7.24. The van der Waals surface area contributed by atoms with E-state index in [9.17, 15) is 14.7 Å². The Hall–Kier alpha value is -2.36. The molecule has 6 nitrogen and oxygen atoms in total. The minimum absolute atomic E-state index is 0.0334. The summed E-state index contributed by atoms with van der Waals surface area (Å²) in [6.07, 6.45) is 6.44. The van der Waals surface area contributed by atoms with Gasteiger partial charge in [0.2, 0.25) is 11.8 Å². The van der Waals surface area contributed by atoms with Gasteiger partial charge in [0.05, 0.1) is 25.2 Å². The monoisotopic (exact) mass is 436 g/mol. The molecule has 170 valence electrons. The molecule has 4 fully saturated rings. The number of carbonyl (C=O) groups is 2. The highest BCUT2D eigenvalue weighted by atomic mass is 16.5. The number of amides is 2. The minimum Gasteiger partial charge on any atom is -0.394 e. The number of carbonyl (C=O) groups excluding carboxylic acids is 2. The first-order valence-electron chi connectivity index (χ1n) is 12.1. The summed E-state index contributed by atoms with van der Waals surface area (Å²) >= 11 is 0. The van der Waals surface area contributed by atoms with Crippen LogP contribution in [-0.4, -0.2) is 71.7 Å². The van der Waals surface area contributed by atoms with E-state index >= 15 is 0 Å². The number of nitrogens with zero attached hydrogens (tertiary/aromatic N) is 2. The SMILES string of the molecule is O=C(C1CCOCC1)N1CC(=O)N2[C@H](CO)[C@H](c3ccc(C#CC4CCCC4)cc3)[C@@H]2C1. The molecule has 3 aliphatic heterocycles. The molecule has 1 N–H and O–H groups in total. The maximum atomic E-state index is 13.0. The molecule has 0 radical (unpaired) electrons. The quantitative estimate of drug-likeness (QED) is 0.738. The molecular weight excluding hydrogens is 404 g/mol. The van der Waals surface area contributed by atoms with Gasteiger partial charge in [-0.15, -0.1) is 0 Å². The first-order valence-corrected chi connectivity index (χ1v) is 12.1. The van der Waals surface area contributed by atoms with Gasteiger partial charge in [0.15, 0.2) is 0 Å². The van der Waals surface area contributed by atoms with E-state index in [0.29, 0.717) is 25.7 Å². The Morgan fingerprint density at radius 2 is 1.81 bits per heavy atom. The fraction of sp³-hybridized carbons (Fsp3) is 0.615. The highest BCUT2D eigenvalue weighted by Gasteiger charge is 2.54. The van der Waals surface area contributed by atoms with E-state index in [0.717, 1.165) is 24.0 Å². The molecule has 4 aliphatic rings. The smallest absolute Gasteiger partial charge is 0.242 e. The highest BCUT2D eigenvalue weighted by molar-refractivity contribution is 5.88. The number of aliphatic hydroxyl groups is 1. The largest absolute Gasteiger partial charge is 0.394 e. The third-order valence-corrected chi connectivity index (χ3v) is 7.71. The Bertz CT molecular complexity index is 906. The number of ether oxygens (including phenoxy) is 1. The van der Waals surface area contributed by atoms with Gasteiger partial charge in [0, 0.05) is 43.1 Å². The van der Waals surface area contributed by atoms with Crippen molar-refractivity contribution in [2.45, 2.75) is 56.5 Å². The molecule has 5 rings (SSSR count). The van der Waals surface area contributed by atoms with Crippen molar-refractivity contribution in [3.8, 4) is 11.8 Å². The maximum absolute atomic E-state index is 13.0. The van der Waals surface area contributed by atoms with Crippen LogP contribution < -0.4 is 0 Å². The summed E-state index contributed by atoms with van der Waals surface area (Å²) in [7, 11) is 0. The molecular formula is C26H32N2O4. The van der Waals surface area contributed by atoms with Crippen LogP contribution in [0.25, 0.3) is 0 Å². The zero-order chi connectivity index (χ0) is 22.1. The van der Waals surface area contributed by atoms with Gasteiger partial charge in [-0.3, -0.25) is 9.59 Å². The molecule has 1 aromatic rings. The van der Waals surface area contributed by atoms with E-state index < -0.39 is 0 Å². The molecule has 1 aromatic carbocycles.